The number of nitrogens with one attached hydrogen (secondary N) is 1. The van der Waals surface area contributed by atoms with E-state index in [-0.39, 0.29) is 24.1 Å². The number of likely N-dealkylation sites (tertiary alicyclic amines) is 1. The van der Waals surface area contributed by atoms with Crippen LogP contribution in [-0.4, -0.2) is 53.0 Å². The van der Waals surface area contributed by atoms with Crippen molar-refractivity contribution >= 4 is 40.3 Å². The molecule has 0 bridgehead atoms. The fraction of sp³-hybridized carbons (Fsp3) is 0.261. The van der Waals surface area contributed by atoms with Gasteiger partial charge in [-0.1, -0.05) is 30.3 Å². The fourth-order valence-electron chi connectivity index (χ4n) is 3.55. The van der Waals surface area contributed by atoms with Crippen molar-refractivity contribution in [1.29, 1.82) is 0 Å². The predicted molar refractivity (Wildman–Crippen MR) is 116 cm³/mol. The Balaban J connectivity index is 1.38. The number of aromatic nitrogens is 1. The predicted octanol–water partition coefficient (Wildman–Crippen LogP) is 3.92. The summed E-state index contributed by atoms with van der Waals surface area (Å²) in [5, 5.41) is 0.801. The molecule has 0 atom stereocenters. The number of esters is 1. The minimum atomic E-state index is -0.570. The molecular weight excluding hydrogens is 400 g/mol. The number of rotatable bonds is 7. The normalized spacial score (nSPS) is 13.5. The van der Waals surface area contributed by atoms with Crippen molar-refractivity contribution in [2.45, 2.75) is 17.7 Å². The first-order valence-corrected chi connectivity index (χ1v) is 10.9. The van der Waals surface area contributed by atoms with Gasteiger partial charge in [0, 0.05) is 40.6 Å². The van der Waals surface area contributed by atoms with Crippen molar-refractivity contribution in [3.8, 4) is 0 Å². The highest BCUT2D eigenvalue weighted by molar-refractivity contribution is 8.00. The van der Waals surface area contributed by atoms with E-state index in [0.717, 1.165) is 36.8 Å². The largest absolute Gasteiger partial charge is 0.454 e. The molecule has 30 heavy (non-hydrogen) atoms. The van der Waals surface area contributed by atoms with Gasteiger partial charge in [-0.15, -0.1) is 11.8 Å². The smallest absolute Gasteiger partial charge is 0.339 e. The summed E-state index contributed by atoms with van der Waals surface area (Å²) in [5.41, 5.74) is 1.72. The van der Waals surface area contributed by atoms with E-state index >= 15 is 0 Å². The second kappa shape index (κ2) is 9.17. The third kappa shape index (κ3) is 4.41. The third-order valence-corrected chi connectivity index (χ3v) is 6.20. The second-order valence-corrected chi connectivity index (χ2v) is 8.14. The average Bonchev–Trinajstić information content (AvgIpc) is 3.46. The molecule has 0 saturated carbocycles. The van der Waals surface area contributed by atoms with Gasteiger partial charge in [-0.05, 0) is 31.0 Å². The van der Waals surface area contributed by atoms with E-state index in [1.807, 2.05) is 35.2 Å². The lowest BCUT2D eigenvalue weighted by Gasteiger charge is -2.15. The molecular formula is C23H22N2O4S. The monoisotopic (exact) mass is 422 g/mol. The molecule has 2 aromatic carbocycles. The quantitative estimate of drug-likeness (QED) is 0.355. The van der Waals surface area contributed by atoms with Crippen molar-refractivity contribution in [2.75, 3.05) is 25.4 Å². The van der Waals surface area contributed by atoms with Crippen molar-refractivity contribution in [1.82, 2.24) is 9.88 Å². The van der Waals surface area contributed by atoms with Gasteiger partial charge in [0.05, 0.1) is 11.3 Å². The van der Waals surface area contributed by atoms with Gasteiger partial charge in [0.15, 0.2) is 6.61 Å². The molecule has 1 aromatic heterocycles. The van der Waals surface area contributed by atoms with E-state index in [1.165, 1.54) is 11.8 Å². The summed E-state index contributed by atoms with van der Waals surface area (Å²) in [6, 6.07) is 14.5. The molecule has 4 rings (SSSR count). The Kier molecular flexibility index (Phi) is 6.18. The van der Waals surface area contributed by atoms with Gasteiger partial charge < -0.3 is 14.6 Å². The first kappa shape index (κ1) is 20.2. The van der Waals surface area contributed by atoms with Crippen LogP contribution in [0, 0.1) is 0 Å². The highest BCUT2D eigenvalue weighted by atomic mass is 32.2. The zero-order valence-corrected chi connectivity index (χ0v) is 17.2. The first-order chi connectivity index (χ1) is 14.6. The summed E-state index contributed by atoms with van der Waals surface area (Å²) < 4.78 is 5.30. The SMILES string of the molecule is O=C(OCC(=O)c1c[nH]c2ccccc12)c1ccccc1SCC(=O)N1CCCC1. The number of H-pyrrole nitrogens is 1. The van der Waals surface area contributed by atoms with Gasteiger partial charge in [-0.2, -0.15) is 0 Å². The summed E-state index contributed by atoms with van der Waals surface area (Å²) in [4.78, 5) is 43.0. The Morgan fingerprint density at radius 2 is 1.70 bits per heavy atom. The van der Waals surface area contributed by atoms with Crippen LogP contribution in [0.4, 0.5) is 0 Å². The minimum Gasteiger partial charge on any atom is -0.454 e. The van der Waals surface area contributed by atoms with E-state index in [9.17, 15) is 14.4 Å². The van der Waals surface area contributed by atoms with Crippen LogP contribution >= 0.6 is 11.8 Å². The summed E-state index contributed by atoms with van der Waals surface area (Å²) >= 11 is 1.32. The fourth-order valence-corrected chi connectivity index (χ4v) is 4.49. The molecule has 0 unspecified atom stereocenters. The molecule has 1 aliphatic rings. The van der Waals surface area contributed by atoms with Crippen LogP contribution in [0.25, 0.3) is 10.9 Å². The van der Waals surface area contributed by atoms with Crippen LogP contribution in [0.5, 0.6) is 0 Å². The van der Waals surface area contributed by atoms with Crippen LogP contribution in [0.3, 0.4) is 0 Å². The summed E-state index contributed by atoms with van der Waals surface area (Å²) in [5.74, 6) is -0.483. The van der Waals surface area contributed by atoms with Gasteiger partial charge in [0.25, 0.3) is 0 Å². The molecule has 0 spiro atoms. The van der Waals surface area contributed by atoms with Crippen molar-refractivity contribution in [3.05, 3.63) is 65.9 Å². The van der Waals surface area contributed by atoms with Crippen LogP contribution in [0.15, 0.2) is 59.6 Å². The number of hydrogen-bond donors (Lipinski definition) is 1. The minimum absolute atomic E-state index is 0.0789. The van der Waals surface area contributed by atoms with E-state index in [4.69, 9.17) is 4.74 Å². The number of amides is 1. The number of benzene rings is 2. The molecule has 7 heteroatoms. The van der Waals surface area contributed by atoms with Gasteiger partial charge in [-0.25, -0.2) is 4.79 Å². The standard InChI is InChI=1S/C23H22N2O4S/c26-20(18-13-24-19-9-3-1-7-16(18)19)14-29-23(28)17-8-2-4-10-21(17)30-15-22(27)25-11-5-6-12-25/h1-4,7-10,13,24H,5-6,11-12,14-15H2. The maximum atomic E-state index is 12.6. The molecule has 1 saturated heterocycles. The number of thioether (sulfide) groups is 1. The Bertz CT molecular complexity index is 1090. The van der Waals surface area contributed by atoms with Crippen LogP contribution in [0.2, 0.25) is 0 Å². The Morgan fingerprint density at radius 1 is 0.967 bits per heavy atom. The molecule has 6 nitrogen and oxygen atoms in total. The second-order valence-electron chi connectivity index (χ2n) is 7.12. The molecule has 1 aliphatic heterocycles. The number of carbonyl (C=O) groups is 3. The molecule has 0 radical (unpaired) electrons. The number of fused-ring (bicyclic) bond motifs is 1. The number of ketones is 1. The van der Waals surface area contributed by atoms with Crippen molar-refractivity contribution in [3.63, 3.8) is 0 Å². The molecule has 1 amide bonds. The Hall–Kier alpha value is -3.06. The Labute approximate surface area is 178 Å². The zero-order valence-electron chi connectivity index (χ0n) is 16.4. The maximum absolute atomic E-state index is 12.6. The summed E-state index contributed by atoms with van der Waals surface area (Å²) in [6.45, 7) is 1.27. The lowest BCUT2D eigenvalue weighted by molar-refractivity contribution is -0.127. The number of ether oxygens (including phenoxy) is 1. The number of para-hydroxylation sites is 1. The van der Waals surface area contributed by atoms with Crippen molar-refractivity contribution < 1.29 is 19.1 Å². The number of aromatic amines is 1. The topological polar surface area (TPSA) is 79.5 Å². The number of Topliss-reactive ketones (excluding diaryl/α,β-unsaturated/α-hetero) is 1. The third-order valence-electron chi connectivity index (χ3n) is 5.14. The average molecular weight is 423 g/mol. The molecule has 1 fully saturated rings. The molecule has 2 heterocycles. The van der Waals surface area contributed by atoms with Gasteiger partial charge in [-0.3, -0.25) is 9.59 Å². The molecule has 3 aromatic rings. The van der Waals surface area contributed by atoms with E-state index in [0.29, 0.717) is 16.0 Å². The van der Waals surface area contributed by atoms with E-state index in [1.54, 1.807) is 24.4 Å². The van der Waals surface area contributed by atoms with Gasteiger partial charge in [0.1, 0.15) is 0 Å². The highest BCUT2D eigenvalue weighted by Crippen LogP contribution is 2.25. The van der Waals surface area contributed by atoms with Crippen molar-refractivity contribution in [2.24, 2.45) is 0 Å². The van der Waals surface area contributed by atoms with Crippen LogP contribution in [0.1, 0.15) is 33.6 Å². The van der Waals surface area contributed by atoms with E-state index in [2.05, 4.69) is 4.98 Å². The van der Waals surface area contributed by atoms with Crippen LogP contribution in [-0.2, 0) is 9.53 Å². The lowest BCUT2D eigenvalue weighted by atomic mass is 10.1. The van der Waals surface area contributed by atoms with Crippen LogP contribution < -0.4 is 0 Å². The lowest BCUT2D eigenvalue weighted by Crippen LogP contribution is -2.29. The number of carbonyl (C=O) groups excluding carboxylic acids is 3. The van der Waals surface area contributed by atoms with E-state index < -0.39 is 5.97 Å². The number of nitrogens with zero attached hydrogens (tertiary/aromatic N) is 1. The summed E-state index contributed by atoms with van der Waals surface area (Å²) in [7, 11) is 0. The number of hydrogen-bond acceptors (Lipinski definition) is 5. The highest BCUT2D eigenvalue weighted by Gasteiger charge is 2.20. The first-order valence-electron chi connectivity index (χ1n) is 9.89. The Morgan fingerprint density at radius 3 is 2.53 bits per heavy atom. The zero-order chi connectivity index (χ0) is 20.9. The molecule has 154 valence electrons. The van der Waals surface area contributed by atoms with Gasteiger partial charge >= 0.3 is 5.97 Å². The molecule has 1 N–H and O–H groups in total. The molecule has 0 aliphatic carbocycles. The summed E-state index contributed by atoms with van der Waals surface area (Å²) in [6.07, 6.45) is 3.72. The maximum Gasteiger partial charge on any atom is 0.339 e. The van der Waals surface area contributed by atoms with Gasteiger partial charge in [0.2, 0.25) is 11.7 Å².